The van der Waals surface area contributed by atoms with Crippen LogP contribution in [0.4, 0.5) is 0 Å². The highest BCUT2D eigenvalue weighted by atomic mass is 16.5. The molecule has 1 aromatic rings. The number of methoxy groups -OCH3 is 2. The number of nitriles is 1. The summed E-state index contributed by atoms with van der Waals surface area (Å²) in [5.41, 5.74) is 3.57. The van der Waals surface area contributed by atoms with Gasteiger partial charge in [-0.1, -0.05) is 0 Å². The van der Waals surface area contributed by atoms with Gasteiger partial charge in [0.15, 0.2) is 0 Å². The van der Waals surface area contributed by atoms with Gasteiger partial charge in [0.05, 0.1) is 26.0 Å². The Bertz CT molecular complexity index is 532. The average Bonchev–Trinajstić information content (AvgIpc) is 2.44. The third-order valence-electron chi connectivity index (χ3n) is 2.38. The quantitative estimate of drug-likeness (QED) is 0.642. The number of hydrogen-bond acceptors (Lipinski definition) is 5. The zero-order chi connectivity index (χ0) is 14.3. The minimum absolute atomic E-state index is 0.230. The van der Waals surface area contributed by atoms with Gasteiger partial charge in [0, 0.05) is 5.56 Å². The van der Waals surface area contributed by atoms with E-state index in [1.807, 2.05) is 0 Å². The number of nitrogens with one attached hydrogen (secondary N) is 1. The topological polar surface area (TPSA) is 83.7 Å². The van der Waals surface area contributed by atoms with Crippen LogP contribution < -0.4 is 14.9 Å². The molecule has 100 valence electrons. The van der Waals surface area contributed by atoms with Crippen molar-refractivity contribution in [2.75, 3.05) is 14.2 Å². The van der Waals surface area contributed by atoms with Crippen LogP contribution in [0, 0.1) is 11.3 Å². The lowest BCUT2D eigenvalue weighted by Crippen LogP contribution is -2.18. The molecule has 6 heteroatoms. The molecule has 0 aliphatic carbocycles. The van der Waals surface area contributed by atoms with Gasteiger partial charge in [-0.15, -0.1) is 0 Å². The van der Waals surface area contributed by atoms with E-state index in [2.05, 4.69) is 10.5 Å². The van der Waals surface area contributed by atoms with E-state index in [9.17, 15) is 4.79 Å². The fraction of sp³-hybridized carbons (Fsp3) is 0.308. The van der Waals surface area contributed by atoms with Gasteiger partial charge in [0.25, 0.3) is 5.91 Å². The Morgan fingerprint density at radius 3 is 2.74 bits per heavy atom. The third kappa shape index (κ3) is 4.00. The second-order valence-electron chi connectivity index (χ2n) is 3.63. The summed E-state index contributed by atoms with van der Waals surface area (Å²) in [6.45, 7) is 1.73. The van der Waals surface area contributed by atoms with Crippen LogP contribution in [0.15, 0.2) is 23.3 Å². The smallest absolute Gasteiger partial charge is 0.254 e. The molecule has 0 unspecified atom stereocenters. The first-order chi connectivity index (χ1) is 9.12. The van der Waals surface area contributed by atoms with E-state index >= 15 is 0 Å². The molecule has 1 aromatic carbocycles. The number of benzene rings is 1. The Balaban J connectivity index is 2.97. The Kier molecular flexibility index (Phi) is 5.35. The van der Waals surface area contributed by atoms with Gasteiger partial charge in [-0.25, -0.2) is 5.43 Å². The molecule has 0 bridgehead atoms. The number of hydrogen-bond donors (Lipinski definition) is 1. The Hall–Kier alpha value is -2.55. The first-order valence-corrected chi connectivity index (χ1v) is 5.54. The lowest BCUT2D eigenvalue weighted by molar-refractivity contribution is -0.120. The minimum atomic E-state index is -0.455. The summed E-state index contributed by atoms with van der Waals surface area (Å²) in [4.78, 5) is 11.2. The molecule has 19 heavy (non-hydrogen) atoms. The molecule has 0 aliphatic rings. The fourth-order valence-corrected chi connectivity index (χ4v) is 1.41. The first-order valence-electron chi connectivity index (χ1n) is 5.54. The molecule has 1 N–H and O–H groups in total. The molecule has 6 nitrogen and oxygen atoms in total. The predicted molar refractivity (Wildman–Crippen MR) is 70.1 cm³/mol. The largest absolute Gasteiger partial charge is 0.497 e. The zero-order valence-corrected chi connectivity index (χ0v) is 11.1. The van der Waals surface area contributed by atoms with Crippen LogP contribution >= 0.6 is 0 Å². The van der Waals surface area contributed by atoms with Crippen molar-refractivity contribution in [3.05, 3.63) is 23.8 Å². The molecule has 0 fully saturated rings. The lowest BCUT2D eigenvalue weighted by atomic mass is 10.1. The number of amides is 1. The molecule has 0 aliphatic heterocycles. The number of carbonyl (C=O) groups excluding carboxylic acids is 1. The van der Waals surface area contributed by atoms with E-state index < -0.39 is 5.91 Å². The molecule has 0 spiro atoms. The van der Waals surface area contributed by atoms with Gasteiger partial charge >= 0.3 is 0 Å². The summed E-state index contributed by atoms with van der Waals surface area (Å²) in [5.74, 6) is 0.828. The van der Waals surface area contributed by atoms with Crippen LogP contribution in [0.5, 0.6) is 11.5 Å². The molecular weight excluding hydrogens is 246 g/mol. The maximum Gasteiger partial charge on any atom is 0.254 e. The molecule has 1 amide bonds. The Morgan fingerprint density at radius 2 is 2.16 bits per heavy atom. The van der Waals surface area contributed by atoms with Crippen LogP contribution in [0.2, 0.25) is 0 Å². The maximum atomic E-state index is 11.2. The standard InChI is InChI=1S/C13H15N3O3/c1-9(15-16-13(17)6-7-14)11-8-10(18-2)4-5-12(11)19-3/h4-5,8H,6H2,1-3H3,(H,16,17). The average molecular weight is 261 g/mol. The van der Waals surface area contributed by atoms with Crippen molar-refractivity contribution in [3.8, 4) is 17.6 Å². The summed E-state index contributed by atoms with van der Waals surface area (Å²) in [6.07, 6.45) is -0.230. The Labute approximate surface area is 111 Å². The van der Waals surface area contributed by atoms with E-state index in [0.29, 0.717) is 22.8 Å². The summed E-state index contributed by atoms with van der Waals surface area (Å²) < 4.78 is 10.3. The summed E-state index contributed by atoms with van der Waals surface area (Å²) in [5, 5.41) is 12.3. The highest BCUT2D eigenvalue weighted by Crippen LogP contribution is 2.24. The zero-order valence-electron chi connectivity index (χ0n) is 11.1. The molecular formula is C13H15N3O3. The number of rotatable bonds is 5. The SMILES string of the molecule is COc1ccc(OC)c(C(C)=NNC(=O)CC#N)c1. The van der Waals surface area contributed by atoms with Gasteiger partial charge < -0.3 is 9.47 Å². The monoisotopic (exact) mass is 261 g/mol. The van der Waals surface area contributed by atoms with Gasteiger partial charge in [-0.3, -0.25) is 4.79 Å². The van der Waals surface area contributed by atoms with E-state index in [0.717, 1.165) is 0 Å². The van der Waals surface area contributed by atoms with E-state index in [-0.39, 0.29) is 6.42 Å². The first kappa shape index (κ1) is 14.5. The van der Waals surface area contributed by atoms with Crippen molar-refractivity contribution in [2.45, 2.75) is 13.3 Å². The predicted octanol–water partition coefficient (Wildman–Crippen LogP) is 1.46. The molecule has 0 aromatic heterocycles. The molecule has 0 heterocycles. The third-order valence-corrected chi connectivity index (χ3v) is 2.38. The van der Waals surface area contributed by atoms with Crippen LogP contribution in [-0.2, 0) is 4.79 Å². The van der Waals surface area contributed by atoms with Gasteiger partial charge in [0.1, 0.15) is 17.9 Å². The van der Waals surface area contributed by atoms with Crippen molar-refractivity contribution in [3.63, 3.8) is 0 Å². The fourth-order valence-electron chi connectivity index (χ4n) is 1.41. The van der Waals surface area contributed by atoms with Gasteiger partial charge in [-0.05, 0) is 25.1 Å². The van der Waals surface area contributed by atoms with Crippen molar-refractivity contribution in [1.29, 1.82) is 5.26 Å². The maximum absolute atomic E-state index is 11.2. The molecule has 0 saturated heterocycles. The summed E-state index contributed by atoms with van der Waals surface area (Å²) in [7, 11) is 3.11. The van der Waals surface area contributed by atoms with Crippen molar-refractivity contribution in [1.82, 2.24) is 5.43 Å². The summed E-state index contributed by atoms with van der Waals surface area (Å²) >= 11 is 0. The molecule has 0 atom stereocenters. The molecule has 0 saturated carbocycles. The van der Waals surface area contributed by atoms with Crippen LogP contribution in [-0.4, -0.2) is 25.8 Å². The van der Waals surface area contributed by atoms with E-state index in [4.69, 9.17) is 14.7 Å². The van der Waals surface area contributed by atoms with Crippen LogP contribution in [0.25, 0.3) is 0 Å². The van der Waals surface area contributed by atoms with Crippen molar-refractivity contribution in [2.24, 2.45) is 5.10 Å². The molecule has 0 radical (unpaired) electrons. The summed E-state index contributed by atoms with van der Waals surface area (Å²) in [6, 6.07) is 7.03. The lowest BCUT2D eigenvalue weighted by Gasteiger charge is -2.10. The molecule has 1 rings (SSSR count). The second-order valence-corrected chi connectivity index (χ2v) is 3.63. The number of nitrogens with zero attached hydrogens (tertiary/aromatic N) is 2. The Morgan fingerprint density at radius 1 is 1.42 bits per heavy atom. The van der Waals surface area contributed by atoms with Crippen LogP contribution in [0.1, 0.15) is 18.9 Å². The van der Waals surface area contributed by atoms with E-state index in [1.54, 1.807) is 45.4 Å². The van der Waals surface area contributed by atoms with Crippen molar-refractivity contribution < 1.29 is 14.3 Å². The van der Waals surface area contributed by atoms with Crippen LogP contribution in [0.3, 0.4) is 0 Å². The number of hydrazone groups is 1. The van der Waals surface area contributed by atoms with E-state index in [1.165, 1.54) is 0 Å². The highest BCUT2D eigenvalue weighted by molar-refractivity contribution is 6.02. The van der Waals surface area contributed by atoms with Gasteiger partial charge in [0.2, 0.25) is 0 Å². The van der Waals surface area contributed by atoms with Crippen molar-refractivity contribution >= 4 is 11.6 Å². The second kappa shape index (κ2) is 7.01. The van der Waals surface area contributed by atoms with Gasteiger partial charge in [-0.2, -0.15) is 10.4 Å². The number of carbonyl (C=O) groups is 1. The highest BCUT2D eigenvalue weighted by Gasteiger charge is 2.08. The number of ether oxygens (including phenoxy) is 2. The normalized spacial score (nSPS) is 10.5. The minimum Gasteiger partial charge on any atom is -0.497 e.